The standard InChI is InChI=1S/C12H19N5/c1-16-11-8-14-12(16)4-7-13-5-2-9-17-10-3-6-15-17/h3,6,8,10-11,13H,2,4-5,7,9H2,1H3. The van der Waals surface area contributed by atoms with E-state index in [-0.39, 0.29) is 0 Å². The quantitative estimate of drug-likeness (QED) is 0.721. The Balaban J connectivity index is 1.54. The number of rotatable bonds is 7. The zero-order valence-corrected chi connectivity index (χ0v) is 10.2. The van der Waals surface area contributed by atoms with Crippen LogP contribution in [0, 0.1) is 0 Å². The van der Waals surface area contributed by atoms with Crippen LogP contribution in [0.3, 0.4) is 0 Å². The molecule has 0 bridgehead atoms. The fourth-order valence-corrected chi connectivity index (χ4v) is 1.76. The first-order valence-electron chi connectivity index (χ1n) is 6.00. The molecular weight excluding hydrogens is 214 g/mol. The molecule has 0 unspecified atom stereocenters. The average Bonchev–Trinajstić information content (AvgIpc) is 2.95. The Hall–Kier alpha value is -1.62. The minimum atomic E-state index is 0.975. The number of aromatic nitrogens is 4. The molecule has 0 aliphatic carbocycles. The van der Waals surface area contributed by atoms with E-state index in [9.17, 15) is 0 Å². The number of aryl methyl sites for hydroxylation is 2. The lowest BCUT2D eigenvalue weighted by atomic mass is 10.3. The lowest BCUT2D eigenvalue weighted by Gasteiger charge is -2.05. The second-order valence-corrected chi connectivity index (χ2v) is 4.08. The highest BCUT2D eigenvalue weighted by Gasteiger charge is 1.97. The third kappa shape index (κ3) is 3.71. The molecule has 2 aromatic rings. The highest BCUT2D eigenvalue weighted by molar-refractivity contribution is 4.91. The van der Waals surface area contributed by atoms with E-state index in [4.69, 9.17) is 0 Å². The van der Waals surface area contributed by atoms with Crippen molar-refractivity contribution in [2.75, 3.05) is 13.1 Å². The number of hydrogen-bond acceptors (Lipinski definition) is 3. The molecule has 0 radical (unpaired) electrons. The minimum Gasteiger partial charge on any atom is -0.338 e. The first-order chi connectivity index (χ1) is 8.36. The smallest absolute Gasteiger partial charge is 0.109 e. The Morgan fingerprint density at radius 2 is 2.18 bits per heavy atom. The molecule has 0 spiro atoms. The first-order valence-corrected chi connectivity index (χ1v) is 6.00. The molecule has 5 heteroatoms. The van der Waals surface area contributed by atoms with Crippen molar-refractivity contribution >= 4 is 0 Å². The van der Waals surface area contributed by atoms with Gasteiger partial charge in [-0.05, 0) is 19.0 Å². The summed E-state index contributed by atoms with van der Waals surface area (Å²) in [5, 5.41) is 7.58. The van der Waals surface area contributed by atoms with Gasteiger partial charge in [0.05, 0.1) is 0 Å². The molecule has 0 aliphatic rings. The summed E-state index contributed by atoms with van der Waals surface area (Å²) >= 11 is 0. The largest absolute Gasteiger partial charge is 0.338 e. The molecule has 2 rings (SSSR count). The third-order valence-corrected chi connectivity index (χ3v) is 2.75. The van der Waals surface area contributed by atoms with E-state index >= 15 is 0 Å². The molecule has 2 aromatic heterocycles. The summed E-state index contributed by atoms with van der Waals surface area (Å²) < 4.78 is 4.02. The van der Waals surface area contributed by atoms with Gasteiger partial charge in [0.15, 0.2) is 0 Å². The van der Waals surface area contributed by atoms with Gasteiger partial charge in [-0.3, -0.25) is 4.68 Å². The molecule has 0 amide bonds. The van der Waals surface area contributed by atoms with E-state index in [0.29, 0.717) is 0 Å². The maximum Gasteiger partial charge on any atom is 0.109 e. The summed E-state index contributed by atoms with van der Waals surface area (Å²) in [5.74, 6) is 1.13. The maximum atomic E-state index is 4.28. The Bertz CT molecular complexity index is 418. The van der Waals surface area contributed by atoms with E-state index in [1.165, 1.54) is 0 Å². The molecule has 0 saturated carbocycles. The number of imidazole rings is 1. The lowest BCUT2D eigenvalue weighted by molar-refractivity contribution is 0.541. The monoisotopic (exact) mass is 233 g/mol. The summed E-state index contributed by atoms with van der Waals surface area (Å²) in [6, 6.07) is 1.95. The third-order valence-electron chi connectivity index (χ3n) is 2.75. The number of nitrogens with zero attached hydrogens (tertiary/aromatic N) is 4. The summed E-state index contributed by atoms with van der Waals surface area (Å²) in [5.41, 5.74) is 0. The zero-order valence-electron chi connectivity index (χ0n) is 10.2. The Morgan fingerprint density at radius 1 is 1.24 bits per heavy atom. The molecule has 0 fully saturated rings. The van der Waals surface area contributed by atoms with Crippen LogP contribution in [0.4, 0.5) is 0 Å². The first kappa shape index (κ1) is 11.9. The van der Waals surface area contributed by atoms with Crippen LogP contribution in [0.2, 0.25) is 0 Å². The van der Waals surface area contributed by atoms with Crippen molar-refractivity contribution in [2.45, 2.75) is 19.4 Å². The lowest BCUT2D eigenvalue weighted by Crippen LogP contribution is -2.21. The van der Waals surface area contributed by atoms with Gasteiger partial charge in [-0.2, -0.15) is 5.10 Å². The SMILES string of the molecule is Cn1ccnc1CCNCCCn1cccn1. The number of nitrogens with one attached hydrogen (secondary N) is 1. The fraction of sp³-hybridized carbons (Fsp3) is 0.500. The van der Waals surface area contributed by atoms with Crippen molar-refractivity contribution in [2.24, 2.45) is 7.05 Å². The molecule has 0 saturated heterocycles. The van der Waals surface area contributed by atoms with Gasteiger partial charge in [-0.25, -0.2) is 4.98 Å². The van der Waals surface area contributed by atoms with Crippen LogP contribution in [0.15, 0.2) is 30.9 Å². The van der Waals surface area contributed by atoms with Gasteiger partial charge in [0.1, 0.15) is 5.82 Å². The second-order valence-electron chi connectivity index (χ2n) is 4.08. The van der Waals surface area contributed by atoms with Crippen molar-refractivity contribution in [1.82, 2.24) is 24.6 Å². The van der Waals surface area contributed by atoms with Gasteiger partial charge < -0.3 is 9.88 Å². The van der Waals surface area contributed by atoms with Crippen LogP contribution in [-0.4, -0.2) is 32.4 Å². The molecule has 0 atom stereocenters. The van der Waals surface area contributed by atoms with Crippen LogP contribution in [0.1, 0.15) is 12.2 Å². The Kier molecular flexibility index (Phi) is 4.32. The predicted molar refractivity (Wildman–Crippen MR) is 66.6 cm³/mol. The van der Waals surface area contributed by atoms with Crippen molar-refractivity contribution in [3.05, 3.63) is 36.7 Å². The van der Waals surface area contributed by atoms with Crippen molar-refractivity contribution in [3.8, 4) is 0 Å². The van der Waals surface area contributed by atoms with Crippen molar-refractivity contribution in [3.63, 3.8) is 0 Å². The van der Waals surface area contributed by atoms with E-state index in [2.05, 4.69) is 20.0 Å². The molecule has 92 valence electrons. The molecule has 5 nitrogen and oxygen atoms in total. The maximum absolute atomic E-state index is 4.28. The van der Waals surface area contributed by atoms with Gasteiger partial charge in [0, 0.05) is 51.3 Å². The van der Waals surface area contributed by atoms with E-state index in [1.807, 2.05) is 42.6 Å². The van der Waals surface area contributed by atoms with Gasteiger partial charge in [-0.15, -0.1) is 0 Å². The fourth-order valence-electron chi connectivity index (χ4n) is 1.76. The predicted octanol–water partition coefficient (Wildman–Crippen LogP) is 0.839. The van der Waals surface area contributed by atoms with Gasteiger partial charge in [0.2, 0.25) is 0 Å². The van der Waals surface area contributed by atoms with Gasteiger partial charge in [0.25, 0.3) is 0 Å². The van der Waals surface area contributed by atoms with E-state index in [0.717, 1.165) is 38.3 Å². The Labute approximate surface area is 101 Å². The summed E-state index contributed by atoms with van der Waals surface area (Å²) in [6.07, 6.45) is 9.70. The molecule has 2 heterocycles. The van der Waals surface area contributed by atoms with Crippen molar-refractivity contribution < 1.29 is 0 Å². The van der Waals surface area contributed by atoms with E-state index < -0.39 is 0 Å². The molecular formula is C12H19N5. The molecule has 0 aliphatic heterocycles. The Morgan fingerprint density at radius 3 is 2.88 bits per heavy atom. The highest BCUT2D eigenvalue weighted by Crippen LogP contribution is 1.94. The summed E-state index contributed by atoms with van der Waals surface area (Å²) in [6.45, 7) is 2.97. The van der Waals surface area contributed by atoms with Crippen LogP contribution >= 0.6 is 0 Å². The normalized spacial score (nSPS) is 10.9. The summed E-state index contributed by atoms with van der Waals surface area (Å²) in [4.78, 5) is 4.28. The average molecular weight is 233 g/mol. The molecule has 1 N–H and O–H groups in total. The summed E-state index contributed by atoms with van der Waals surface area (Å²) in [7, 11) is 2.03. The second kappa shape index (κ2) is 6.20. The van der Waals surface area contributed by atoms with Crippen LogP contribution in [0.5, 0.6) is 0 Å². The van der Waals surface area contributed by atoms with Crippen molar-refractivity contribution in [1.29, 1.82) is 0 Å². The van der Waals surface area contributed by atoms with Crippen LogP contribution in [-0.2, 0) is 20.0 Å². The highest BCUT2D eigenvalue weighted by atomic mass is 15.3. The van der Waals surface area contributed by atoms with Crippen LogP contribution < -0.4 is 5.32 Å². The molecule has 17 heavy (non-hydrogen) atoms. The van der Waals surface area contributed by atoms with E-state index in [1.54, 1.807) is 0 Å². The number of hydrogen-bond donors (Lipinski definition) is 1. The molecule has 0 aromatic carbocycles. The minimum absolute atomic E-state index is 0.975. The zero-order chi connectivity index (χ0) is 11.9. The van der Waals surface area contributed by atoms with Gasteiger partial charge >= 0.3 is 0 Å². The van der Waals surface area contributed by atoms with Crippen LogP contribution in [0.25, 0.3) is 0 Å². The van der Waals surface area contributed by atoms with Gasteiger partial charge in [-0.1, -0.05) is 0 Å². The topological polar surface area (TPSA) is 47.7 Å².